The van der Waals surface area contributed by atoms with Crippen LogP contribution in [-0.2, 0) is 21.0 Å². The van der Waals surface area contributed by atoms with Crippen LogP contribution in [0.15, 0.2) is 37.1 Å². The molecule has 11 nitrogen and oxygen atoms in total. The molecule has 0 radical (unpaired) electrons. The van der Waals surface area contributed by atoms with Crippen molar-refractivity contribution in [2.24, 2.45) is 0 Å². The Hall–Kier alpha value is -3.15. The molecule has 3 heterocycles. The van der Waals surface area contributed by atoms with Gasteiger partial charge in [-0.3, -0.25) is 8.98 Å². The fourth-order valence-electron chi connectivity index (χ4n) is 4.02. The molecule has 0 aromatic carbocycles. The molecule has 0 spiro atoms. The van der Waals surface area contributed by atoms with Gasteiger partial charge in [-0.1, -0.05) is 0 Å². The third kappa shape index (κ3) is 5.75. The first-order valence-corrected chi connectivity index (χ1v) is 12.9. The van der Waals surface area contributed by atoms with Crippen molar-refractivity contribution in [3.8, 4) is 6.07 Å². The third-order valence-corrected chi connectivity index (χ3v) is 7.94. The van der Waals surface area contributed by atoms with E-state index in [1.165, 1.54) is 23.9 Å². The number of thiophene rings is 1. The molecule has 184 valence electrons. The van der Waals surface area contributed by atoms with E-state index in [1.54, 1.807) is 12.3 Å². The van der Waals surface area contributed by atoms with Crippen molar-refractivity contribution in [3.05, 3.63) is 63.5 Å². The van der Waals surface area contributed by atoms with Crippen molar-refractivity contribution in [2.75, 3.05) is 12.4 Å². The number of rotatable bonds is 9. The van der Waals surface area contributed by atoms with Crippen molar-refractivity contribution in [1.29, 1.82) is 5.26 Å². The maximum Gasteiger partial charge on any atom is 0.335 e. The molecular weight excluding hydrogens is 492 g/mol. The molecule has 3 N–H and O–H groups in total. The van der Waals surface area contributed by atoms with E-state index in [9.17, 15) is 18.3 Å². The van der Waals surface area contributed by atoms with Crippen LogP contribution in [0.5, 0.6) is 0 Å². The summed E-state index contributed by atoms with van der Waals surface area (Å²) in [5.41, 5.74) is 1.82. The van der Waals surface area contributed by atoms with Gasteiger partial charge in [0, 0.05) is 36.1 Å². The molecule has 0 amide bonds. The van der Waals surface area contributed by atoms with Crippen LogP contribution in [0.2, 0.25) is 0 Å². The van der Waals surface area contributed by atoms with Crippen LogP contribution in [0, 0.1) is 18.3 Å². The highest BCUT2D eigenvalue weighted by Crippen LogP contribution is 2.29. The maximum atomic E-state index is 13.3. The normalized spacial score (nSPS) is 20.0. The monoisotopic (exact) mass is 516 g/mol. The topological polar surface area (TPSA) is 159 Å². The summed E-state index contributed by atoms with van der Waals surface area (Å²) in [6.07, 6.45) is 5.95. The van der Waals surface area contributed by atoms with Gasteiger partial charge in [-0.2, -0.15) is 18.4 Å². The first-order chi connectivity index (χ1) is 16.7. The van der Waals surface area contributed by atoms with Gasteiger partial charge < -0.3 is 15.0 Å². The predicted molar refractivity (Wildman–Crippen MR) is 128 cm³/mol. The van der Waals surface area contributed by atoms with E-state index in [1.807, 2.05) is 23.8 Å². The largest absolute Gasteiger partial charge is 0.391 e. The molecule has 3 aromatic rings. The van der Waals surface area contributed by atoms with Crippen LogP contribution < -0.4 is 10.0 Å². The standard InChI is InChI=1S/C22H24N6O5S2/c1-13-15(11-28-4-3-14(8-23)10-28)5-20(34-13)21(30)17-9-24-12-25-22(17)26-16-6-18(19(29)7-16)27-35(31,32)33-2/h3-5,9-10,12,16,18-19,27,29H,6-7,11H2,1-2H3,(H,24,25,26)/t16-,18-,19+/m1/s1. The number of nitriles is 1. The lowest BCUT2D eigenvalue weighted by atomic mass is 10.1. The number of anilines is 1. The highest BCUT2D eigenvalue weighted by Gasteiger charge is 2.36. The molecule has 13 heteroatoms. The minimum absolute atomic E-state index is 0.243. The van der Waals surface area contributed by atoms with Gasteiger partial charge in [0.15, 0.2) is 0 Å². The lowest BCUT2D eigenvalue weighted by molar-refractivity contribution is 0.104. The number of ketones is 1. The number of nitrogens with zero attached hydrogens (tertiary/aromatic N) is 4. The van der Waals surface area contributed by atoms with Crippen molar-refractivity contribution >= 4 is 33.2 Å². The molecule has 0 aliphatic heterocycles. The van der Waals surface area contributed by atoms with Gasteiger partial charge in [0.1, 0.15) is 18.2 Å². The van der Waals surface area contributed by atoms with Gasteiger partial charge in [-0.15, -0.1) is 11.3 Å². The number of aliphatic hydroxyl groups excluding tert-OH is 1. The summed E-state index contributed by atoms with van der Waals surface area (Å²) < 4.78 is 32.0. The molecule has 0 bridgehead atoms. The van der Waals surface area contributed by atoms with E-state index in [-0.39, 0.29) is 30.2 Å². The average Bonchev–Trinajstić information content (AvgIpc) is 3.53. The van der Waals surface area contributed by atoms with Crippen LogP contribution in [-0.4, -0.2) is 59.1 Å². The van der Waals surface area contributed by atoms with Crippen LogP contribution in [0.3, 0.4) is 0 Å². The van der Waals surface area contributed by atoms with Crippen molar-refractivity contribution in [1.82, 2.24) is 19.3 Å². The van der Waals surface area contributed by atoms with E-state index in [0.717, 1.165) is 17.6 Å². The third-order valence-electron chi connectivity index (χ3n) is 5.82. The second kappa shape index (κ2) is 10.2. The Morgan fingerprint density at radius 3 is 2.94 bits per heavy atom. The van der Waals surface area contributed by atoms with Crippen molar-refractivity contribution < 1.29 is 22.5 Å². The summed E-state index contributed by atoms with van der Waals surface area (Å²) in [7, 11) is -2.91. The summed E-state index contributed by atoms with van der Waals surface area (Å²) in [6, 6.07) is 4.62. The number of hydrogen-bond donors (Lipinski definition) is 3. The smallest absolute Gasteiger partial charge is 0.335 e. The van der Waals surface area contributed by atoms with Gasteiger partial charge in [0.05, 0.1) is 35.3 Å². The molecule has 3 atom stereocenters. The Morgan fingerprint density at radius 1 is 1.43 bits per heavy atom. The Morgan fingerprint density at radius 2 is 2.23 bits per heavy atom. The van der Waals surface area contributed by atoms with E-state index < -0.39 is 22.4 Å². The maximum absolute atomic E-state index is 13.3. The highest BCUT2D eigenvalue weighted by molar-refractivity contribution is 7.84. The summed E-state index contributed by atoms with van der Waals surface area (Å²) >= 11 is 1.37. The second-order valence-corrected chi connectivity index (χ2v) is 10.9. The van der Waals surface area contributed by atoms with Gasteiger partial charge in [-0.25, -0.2) is 9.97 Å². The average molecular weight is 517 g/mol. The molecule has 3 aromatic heterocycles. The summed E-state index contributed by atoms with van der Waals surface area (Å²) in [4.78, 5) is 23.1. The molecule has 1 fully saturated rings. The zero-order valence-electron chi connectivity index (χ0n) is 19.0. The van der Waals surface area contributed by atoms with Gasteiger partial charge in [0.2, 0.25) is 5.78 Å². The minimum Gasteiger partial charge on any atom is -0.391 e. The lowest BCUT2D eigenvalue weighted by Crippen LogP contribution is -2.40. The van der Waals surface area contributed by atoms with E-state index in [2.05, 4.69) is 30.3 Å². The molecular formula is C22H24N6O5S2. The Labute approximate surface area is 206 Å². The quantitative estimate of drug-likeness (QED) is 0.359. The predicted octanol–water partition coefficient (Wildman–Crippen LogP) is 1.58. The van der Waals surface area contributed by atoms with E-state index >= 15 is 0 Å². The van der Waals surface area contributed by atoms with E-state index in [0.29, 0.717) is 22.8 Å². The SMILES string of the molecule is COS(=O)(=O)N[C@@H]1C[C@@H](Nc2ncncc2C(=O)c2cc(Cn3ccc(C#N)c3)c(C)s2)C[C@@H]1O. The van der Waals surface area contributed by atoms with Crippen molar-refractivity contribution in [2.45, 2.75) is 44.5 Å². The lowest BCUT2D eigenvalue weighted by Gasteiger charge is -2.16. The first kappa shape index (κ1) is 25.0. The Bertz CT molecular complexity index is 1380. The van der Waals surface area contributed by atoms with Gasteiger partial charge in [-0.05, 0) is 37.5 Å². The van der Waals surface area contributed by atoms with Crippen LogP contribution in [0.1, 0.15) is 44.1 Å². The molecule has 1 aliphatic carbocycles. The molecule has 35 heavy (non-hydrogen) atoms. The zero-order chi connectivity index (χ0) is 25.2. The fourth-order valence-corrected chi connectivity index (χ4v) is 5.73. The summed E-state index contributed by atoms with van der Waals surface area (Å²) in [5, 5.41) is 22.5. The number of carbonyl (C=O) groups excluding carboxylic acids is 1. The number of nitrogens with one attached hydrogen (secondary N) is 2. The number of aryl methyl sites for hydroxylation is 1. The fraction of sp³-hybridized carbons (Fsp3) is 0.364. The molecule has 4 rings (SSSR count). The Kier molecular flexibility index (Phi) is 7.29. The van der Waals surface area contributed by atoms with E-state index in [4.69, 9.17) is 5.26 Å². The zero-order valence-corrected chi connectivity index (χ0v) is 20.6. The number of aliphatic hydroxyl groups is 1. The van der Waals surface area contributed by atoms with Crippen LogP contribution >= 0.6 is 11.3 Å². The van der Waals surface area contributed by atoms with Gasteiger partial charge in [0.25, 0.3) is 0 Å². The molecule has 1 aliphatic rings. The minimum atomic E-state index is -3.95. The number of hydrogen-bond acceptors (Lipinski definition) is 10. The molecule has 1 saturated carbocycles. The number of aromatic nitrogens is 3. The highest BCUT2D eigenvalue weighted by atomic mass is 32.2. The second-order valence-electron chi connectivity index (χ2n) is 8.22. The van der Waals surface area contributed by atoms with Crippen molar-refractivity contribution in [3.63, 3.8) is 0 Å². The van der Waals surface area contributed by atoms with Crippen LogP contribution in [0.4, 0.5) is 5.82 Å². The first-order valence-electron chi connectivity index (χ1n) is 10.7. The van der Waals surface area contributed by atoms with Gasteiger partial charge >= 0.3 is 10.3 Å². The summed E-state index contributed by atoms with van der Waals surface area (Å²) in [5.74, 6) is 0.0713. The molecule has 0 unspecified atom stereocenters. The van der Waals surface area contributed by atoms with Crippen LogP contribution in [0.25, 0.3) is 0 Å². The Balaban J connectivity index is 1.49. The molecule has 0 saturated heterocycles. The summed E-state index contributed by atoms with van der Waals surface area (Å²) in [6.45, 7) is 2.47. The number of carbonyl (C=O) groups is 1.